The fourth-order valence-corrected chi connectivity index (χ4v) is 0.883. The Morgan fingerprint density at radius 2 is 2.08 bits per heavy atom. The lowest BCUT2D eigenvalue weighted by Gasteiger charge is -1.81. The molecule has 1 aromatic carbocycles. The van der Waals surface area contributed by atoms with Crippen LogP contribution in [0.4, 0.5) is 0 Å². The van der Waals surface area contributed by atoms with Crippen molar-refractivity contribution < 1.29 is 0 Å². The maximum absolute atomic E-state index is 7.32. The van der Waals surface area contributed by atoms with Crippen LogP contribution in [0.15, 0.2) is 30.5 Å². The summed E-state index contributed by atoms with van der Waals surface area (Å²) in [4.78, 5) is 0. The normalized spacial score (nSPS) is 8.33. The number of hydrogen-bond acceptors (Lipinski definition) is 2. The van der Waals surface area contributed by atoms with Crippen LogP contribution in [0.2, 0.25) is 0 Å². The minimum atomic E-state index is 1.09. The molecule has 0 saturated heterocycles. The summed E-state index contributed by atoms with van der Waals surface area (Å²) in [6.45, 7) is 1.43. The molecule has 0 aliphatic carbocycles. The molecule has 1 heterocycles. The van der Waals surface area contributed by atoms with Gasteiger partial charge in [0.2, 0.25) is 0 Å². The Morgan fingerprint density at radius 1 is 1.42 bits per heavy atom. The first-order valence-corrected chi connectivity index (χ1v) is 3.57. The van der Waals surface area contributed by atoms with Crippen molar-refractivity contribution in [2.45, 2.75) is 6.92 Å². The Kier molecular flexibility index (Phi) is 2.86. The molecule has 0 aliphatic rings. The molecule has 0 amide bonds. The summed E-state index contributed by atoms with van der Waals surface area (Å²) in [6.07, 6.45) is 1.81. The van der Waals surface area contributed by atoms with E-state index in [0.717, 1.165) is 10.9 Å². The summed E-state index contributed by atoms with van der Waals surface area (Å²) >= 11 is 0. The van der Waals surface area contributed by atoms with Gasteiger partial charge in [0.25, 0.3) is 0 Å². The molecule has 3 nitrogen and oxygen atoms in total. The summed E-state index contributed by atoms with van der Waals surface area (Å²) in [5, 5.41) is 15.2. The van der Waals surface area contributed by atoms with Gasteiger partial charge in [0.1, 0.15) is 0 Å². The van der Waals surface area contributed by atoms with E-state index in [2.05, 4.69) is 10.2 Å². The van der Waals surface area contributed by atoms with Crippen LogP contribution in [0.25, 0.3) is 10.9 Å². The maximum Gasteiger partial charge on any atom is 0.0650 e. The number of hydrogen-bond donors (Lipinski definition) is 1. The van der Waals surface area contributed by atoms with E-state index in [9.17, 15) is 0 Å². The molecule has 0 atom stereocenters. The average molecular weight is 159 g/mol. The van der Waals surface area contributed by atoms with Crippen LogP contribution in [-0.4, -0.2) is 10.2 Å². The highest BCUT2D eigenvalue weighted by Gasteiger charge is 1.88. The highest BCUT2D eigenvalue weighted by atomic mass is 15.1. The fraction of sp³-hybridized carbons (Fsp3) is 0.111. The summed E-state index contributed by atoms with van der Waals surface area (Å²) in [6, 6.07) is 9.76. The van der Waals surface area contributed by atoms with Gasteiger partial charge in [-0.1, -0.05) is 18.2 Å². The molecule has 0 fully saturated rings. The van der Waals surface area contributed by atoms with Gasteiger partial charge in [-0.25, -0.2) is 0 Å². The number of rotatable bonds is 0. The molecule has 2 rings (SSSR count). The van der Waals surface area contributed by atoms with Gasteiger partial charge in [-0.2, -0.15) is 10.4 Å². The third-order valence-corrected chi connectivity index (χ3v) is 1.35. The van der Waals surface area contributed by atoms with Crippen molar-refractivity contribution in [1.82, 2.24) is 10.2 Å². The van der Waals surface area contributed by atoms with Crippen molar-refractivity contribution in [1.29, 1.82) is 5.26 Å². The smallest absolute Gasteiger partial charge is 0.0650 e. The molecule has 1 N–H and O–H groups in total. The monoisotopic (exact) mass is 159 g/mol. The van der Waals surface area contributed by atoms with E-state index in [0.29, 0.717) is 0 Å². The number of para-hydroxylation sites is 1. The highest BCUT2D eigenvalue weighted by molar-refractivity contribution is 5.77. The van der Waals surface area contributed by atoms with Gasteiger partial charge in [-0.15, -0.1) is 0 Å². The second-order valence-corrected chi connectivity index (χ2v) is 2.18. The van der Waals surface area contributed by atoms with Crippen LogP contribution >= 0.6 is 0 Å². The predicted molar refractivity (Wildman–Crippen MR) is 47.4 cm³/mol. The SMILES string of the molecule is CC#N.c1ccc2[nH]ncc2c1. The lowest BCUT2D eigenvalue weighted by molar-refractivity contribution is 1.12. The minimum Gasteiger partial charge on any atom is -0.278 e. The van der Waals surface area contributed by atoms with Crippen LogP contribution in [0.5, 0.6) is 0 Å². The first-order chi connectivity index (χ1) is 5.88. The summed E-state index contributed by atoms with van der Waals surface area (Å²) in [7, 11) is 0. The van der Waals surface area contributed by atoms with Crippen molar-refractivity contribution in [3.05, 3.63) is 30.5 Å². The van der Waals surface area contributed by atoms with E-state index in [4.69, 9.17) is 5.26 Å². The topological polar surface area (TPSA) is 52.5 Å². The highest BCUT2D eigenvalue weighted by Crippen LogP contribution is 2.06. The quantitative estimate of drug-likeness (QED) is 0.639. The lowest BCUT2D eigenvalue weighted by Crippen LogP contribution is -1.63. The Hall–Kier alpha value is -1.82. The van der Waals surface area contributed by atoms with Gasteiger partial charge in [-0.3, -0.25) is 5.10 Å². The van der Waals surface area contributed by atoms with Gasteiger partial charge in [0.15, 0.2) is 0 Å². The molecule has 0 spiro atoms. The van der Waals surface area contributed by atoms with Gasteiger partial charge >= 0.3 is 0 Å². The third kappa shape index (κ3) is 1.83. The van der Waals surface area contributed by atoms with E-state index >= 15 is 0 Å². The molecular weight excluding hydrogens is 150 g/mol. The van der Waals surface area contributed by atoms with E-state index in [1.54, 1.807) is 6.07 Å². The molecule has 12 heavy (non-hydrogen) atoms. The largest absolute Gasteiger partial charge is 0.278 e. The Balaban J connectivity index is 0.000000213. The van der Waals surface area contributed by atoms with Crippen LogP contribution in [0.1, 0.15) is 6.92 Å². The van der Waals surface area contributed by atoms with Crippen molar-refractivity contribution in [3.8, 4) is 6.07 Å². The number of H-pyrrole nitrogens is 1. The zero-order valence-electron chi connectivity index (χ0n) is 6.78. The lowest BCUT2D eigenvalue weighted by atomic mass is 10.3. The second kappa shape index (κ2) is 4.14. The predicted octanol–water partition coefficient (Wildman–Crippen LogP) is 2.09. The molecule has 60 valence electrons. The zero-order valence-corrected chi connectivity index (χ0v) is 6.78. The van der Waals surface area contributed by atoms with E-state index in [-0.39, 0.29) is 0 Å². The molecule has 0 radical (unpaired) electrons. The summed E-state index contributed by atoms with van der Waals surface area (Å²) in [5.41, 5.74) is 1.09. The molecular formula is C9H9N3. The van der Waals surface area contributed by atoms with Crippen molar-refractivity contribution in [2.24, 2.45) is 0 Å². The molecule has 3 heteroatoms. The second-order valence-electron chi connectivity index (χ2n) is 2.18. The molecule has 2 aromatic rings. The summed E-state index contributed by atoms with van der Waals surface area (Å²) < 4.78 is 0. The van der Waals surface area contributed by atoms with Gasteiger partial charge in [0.05, 0.1) is 17.8 Å². The number of aromatic nitrogens is 2. The maximum atomic E-state index is 7.32. The van der Waals surface area contributed by atoms with Gasteiger partial charge in [-0.05, 0) is 6.07 Å². The van der Waals surface area contributed by atoms with E-state index in [1.807, 2.05) is 30.5 Å². The number of aromatic amines is 1. The van der Waals surface area contributed by atoms with Crippen LogP contribution < -0.4 is 0 Å². The van der Waals surface area contributed by atoms with Crippen LogP contribution in [-0.2, 0) is 0 Å². The summed E-state index contributed by atoms with van der Waals surface area (Å²) in [5.74, 6) is 0. The first kappa shape index (κ1) is 8.28. The van der Waals surface area contributed by atoms with Gasteiger partial charge < -0.3 is 0 Å². The molecule has 0 unspecified atom stereocenters. The minimum absolute atomic E-state index is 1.09. The zero-order chi connectivity index (χ0) is 8.81. The molecule has 0 aliphatic heterocycles. The number of nitriles is 1. The standard InChI is InChI=1S/C7H6N2.C2H3N/c1-2-4-7-6(3-1)5-8-9-7;1-2-3/h1-5H,(H,8,9);1H3. The first-order valence-electron chi connectivity index (χ1n) is 3.57. The van der Waals surface area contributed by atoms with Crippen molar-refractivity contribution in [2.75, 3.05) is 0 Å². The van der Waals surface area contributed by atoms with Crippen molar-refractivity contribution in [3.63, 3.8) is 0 Å². The molecule has 0 saturated carbocycles. The third-order valence-electron chi connectivity index (χ3n) is 1.35. The Morgan fingerprint density at radius 3 is 2.75 bits per heavy atom. The number of nitrogens with one attached hydrogen (secondary N) is 1. The number of nitrogens with zero attached hydrogens (tertiary/aromatic N) is 2. The Bertz CT molecular complexity index is 354. The van der Waals surface area contributed by atoms with Crippen LogP contribution in [0.3, 0.4) is 0 Å². The molecule has 1 aromatic heterocycles. The Labute approximate surface area is 70.6 Å². The van der Waals surface area contributed by atoms with E-state index in [1.165, 1.54) is 6.92 Å². The fourth-order valence-electron chi connectivity index (χ4n) is 0.883. The van der Waals surface area contributed by atoms with E-state index < -0.39 is 0 Å². The average Bonchev–Trinajstić information content (AvgIpc) is 2.52. The molecule has 0 bridgehead atoms. The van der Waals surface area contributed by atoms with Gasteiger partial charge in [0, 0.05) is 12.3 Å². The van der Waals surface area contributed by atoms with Crippen LogP contribution in [0, 0.1) is 11.3 Å². The number of fused-ring (bicyclic) bond motifs is 1. The van der Waals surface area contributed by atoms with Crippen molar-refractivity contribution >= 4 is 10.9 Å². The number of benzene rings is 1.